The van der Waals surface area contributed by atoms with Crippen molar-refractivity contribution in [2.45, 2.75) is 38.6 Å². The maximum Gasteiger partial charge on any atom is 0.268 e. The van der Waals surface area contributed by atoms with E-state index in [4.69, 9.17) is 0 Å². The highest BCUT2D eigenvalue weighted by molar-refractivity contribution is 5.96. The molecule has 4 nitrogen and oxygen atoms in total. The number of halogens is 1. The van der Waals surface area contributed by atoms with Gasteiger partial charge in [0.05, 0.1) is 0 Å². The first-order valence-corrected chi connectivity index (χ1v) is 8.82. The number of aromatic nitrogens is 1. The summed E-state index contributed by atoms with van der Waals surface area (Å²) < 4.78 is 14.9. The number of amides is 1. The van der Waals surface area contributed by atoms with Crippen molar-refractivity contribution in [3.63, 3.8) is 0 Å². The van der Waals surface area contributed by atoms with Gasteiger partial charge in [-0.1, -0.05) is 25.3 Å². The normalized spacial score (nSPS) is 15.2. The fourth-order valence-electron chi connectivity index (χ4n) is 3.55. The predicted octanol–water partition coefficient (Wildman–Crippen LogP) is 3.64. The first kappa shape index (κ1) is 17.4. The molecule has 0 radical (unpaired) electrons. The molecule has 0 spiro atoms. The lowest BCUT2D eigenvalue weighted by Gasteiger charge is -2.22. The molecular weight excluding hydrogens is 319 g/mol. The number of fused-ring (bicyclic) bond motifs is 1. The van der Waals surface area contributed by atoms with E-state index in [1.54, 1.807) is 12.1 Å². The van der Waals surface area contributed by atoms with E-state index in [0.29, 0.717) is 23.2 Å². The predicted molar refractivity (Wildman–Crippen MR) is 97.3 cm³/mol. The number of pyridine rings is 1. The SMILES string of the molecule is C=CCn1c(C(=O)NCC2CCCCC2)cc2cc(F)ccc2c1=O. The summed E-state index contributed by atoms with van der Waals surface area (Å²) in [5.41, 5.74) is -0.0565. The number of carbonyl (C=O) groups is 1. The molecular formula is C20H23FN2O2. The standard InChI is InChI=1S/C20H23FN2O2/c1-2-10-23-18(19(24)22-13-14-6-4-3-5-7-14)12-15-11-16(21)8-9-17(15)20(23)25/h2,8-9,11-12,14H,1,3-7,10,13H2,(H,22,24). The number of hydrogen-bond acceptors (Lipinski definition) is 2. The maximum atomic E-state index is 13.5. The molecule has 132 valence electrons. The van der Waals surface area contributed by atoms with Gasteiger partial charge in [0.25, 0.3) is 11.5 Å². The highest BCUT2D eigenvalue weighted by Gasteiger charge is 2.18. The highest BCUT2D eigenvalue weighted by Crippen LogP contribution is 2.23. The lowest BCUT2D eigenvalue weighted by atomic mass is 9.89. The maximum absolute atomic E-state index is 13.5. The van der Waals surface area contributed by atoms with Gasteiger partial charge < -0.3 is 5.32 Å². The van der Waals surface area contributed by atoms with E-state index in [-0.39, 0.29) is 23.7 Å². The van der Waals surface area contributed by atoms with Crippen molar-refractivity contribution < 1.29 is 9.18 Å². The van der Waals surface area contributed by atoms with Gasteiger partial charge in [-0.3, -0.25) is 14.2 Å². The Morgan fingerprint density at radius 1 is 1.28 bits per heavy atom. The first-order valence-electron chi connectivity index (χ1n) is 8.82. The van der Waals surface area contributed by atoms with Crippen LogP contribution in [0, 0.1) is 11.7 Å². The summed E-state index contributed by atoms with van der Waals surface area (Å²) in [7, 11) is 0. The Morgan fingerprint density at radius 3 is 2.76 bits per heavy atom. The fourth-order valence-corrected chi connectivity index (χ4v) is 3.55. The van der Waals surface area contributed by atoms with Crippen LogP contribution < -0.4 is 10.9 Å². The van der Waals surface area contributed by atoms with Gasteiger partial charge in [0.2, 0.25) is 0 Å². The summed E-state index contributed by atoms with van der Waals surface area (Å²) in [6.07, 6.45) is 7.51. The number of hydrogen-bond donors (Lipinski definition) is 1. The Labute approximate surface area is 146 Å². The van der Waals surface area contributed by atoms with Gasteiger partial charge in [0.1, 0.15) is 11.5 Å². The molecule has 1 amide bonds. The average Bonchev–Trinajstić information content (AvgIpc) is 2.62. The molecule has 2 aromatic rings. The van der Waals surface area contributed by atoms with E-state index in [0.717, 1.165) is 12.8 Å². The van der Waals surface area contributed by atoms with Crippen LogP contribution in [-0.2, 0) is 6.54 Å². The van der Waals surface area contributed by atoms with Crippen LogP contribution in [0.4, 0.5) is 4.39 Å². The molecule has 1 N–H and O–H groups in total. The van der Waals surface area contributed by atoms with Gasteiger partial charge >= 0.3 is 0 Å². The van der Waals surface area contributed by atoms with Crippen LogP contribution in [0.25, 0.3) is 10.8 Å². The molecule has 0 atom stereocenters. The molecule has 1 heterocycles. The molecule has 1 aromatic carbocycles. The van der Waals surface area contributed by atoms with Gasteiger partial charge in [-0.25, -0.2) is 4.39 Å². The van der Waals surface area contributed by atoms with Gasteiger partial charge in [0, 0.05) is 18.5 Å². The Balaban J connectivity index is 1.92. The quantitative estimate of drug-likeness (QED) is 0.844. The molecule has 1 aromatic heterocycles. The number of nitrogens with one attached hydrogen (secondary N) is 1. The third kappa shape index (κ3) is 3.81. The summed E-state index contributed by atoms with van der Waals surface area (Å²) >= 11 is 0. The summed E-state index contributed by atoms with van der Waals surface area (Å²) in [6, 6.07) is 5.58. The molecule has 1 aliphatic carbocycles. The van der Waals surface area contributed by atoms with Gasteiger partial charge in [-0.15, -0.1) is 6.58 Å². The van der Waals surface area contributed by atoms with Crippen LogP contribution >= 0.6 is 0 Å². The van der Waals surface area contributed by atoms with Crippen molar-refractivity contribution in [2.24, 2.45) is 5.92 Å². The van der Waals surface area contributed by atoms with Crippen LogP contribution in [0.5, 0.6) is 0 Å². The summed E-state index contributed by atoms with van der Waals surface area (Å²) in [5, 5.41) is 3.78. The minimum atomic E-state index is -0.429. The molecule has 25 heavy (non-hydrogen) atoms. The highest BCUT2D eigenvalue weighted by atomic mass is 19.1. The zero-order valence-electron chi connectivity index (χ0n) is 14.3. The van der Waals surface area contributed by atoms with E-state index in [9.17, 15) is 14.0 Å². The second-order valence-corrected chi connectivity index (χ2v) is 6.68. The number of carbonyl (C=O) groups excluding carboxylic acids is 1. The van der Waals surface area contributed by atoms with Crippen molar-refractivity contribution in [2.75, 3.05) is 6.54 Å². The number of nitrogens with zero attached hydrogens (tertiary/aromatic N) is 1. The number of allylic oxidation sites excluding steroid dienone is 1. The summed E-state index contributed by atoms with van der Waals surface area (Å²) in [5.74, 6) is -0.229. The van der Waals surface area contributed by atoms with Gasteiger partial charge in [0.15, 0.2) is 0 Å². The number of benzene rings is 1. The number of rotatable bonds is 5. The van der Waals surface area contributed by atoms with Crippen LogP contribution in [0.15, 0.2) is 41.7 Å². The topological polar surface area (TPSA) is 51.1 Å². The van der Waals surface area contributed by atoms with Crippen molar-refractivity contribution in [1.29, 1.82) is 0 Å². The third-order valence-corrected chi connectivity index (χ3v) is 4.89. The van der Waals surface area contributed by atoms with Crippen molar-refractivity contribution in [3.05, 3.63) is 58.8 Å². The zero-order valence-corrected chi connectivity index (χ0v) is 14.3. The largest absolute Gasteiger partial charge is 0.350 e. The Kier molecular flexibility index (Phi) is 5.31. The molecule has 3 rings (SSSR count). The first-order chi connectivity index (χ1) is 12.1. The van der Waals surface area contributed by atoms with Crippen LogP contribution in [-0.4, -0.2) is 17.0 Å². The Hall–Kier alpha value is -2.43. The third-order valence-electron chi connectivity index (χ3n) is 4.89. The van der Waals surface area contributed by atoms with E-state index in [1.807, 2.05) is 0 Å². The second-order valence-electron chi connectivity index (χ2n) is 6.68. The Morgan fingerprint density at radius 2 is 2.04 bits per heavy atom. The van der Waals surface area contributed by atoms with Crippen LogP contribution in [0.2, 0.25) is 0 Å². The molecule has 1 saturated carbocycles. The zero-order chi connectivity index (χ0) is 17.8. The molecule has 5 heteroatoms. The van der Waals surface area contributed by atoms with Crippen molar-refractivity contribution >= 4 is 16.7 Å². The molecule has 0 aliphatic heterocycles. The monoisotopic (exact) mass is 342 g/mol. The van der Waals surface area contributed by atoms with Crippen LogP contribution in [0.1, 0.15) is 42.6 Å². The second kappa shape index (κ2) is 7.64. The van der Waals surface area contributed by atoms with E-state index >= 15 is 0 Å². The van der Waals surface area contributed by atoms with Gasteiger partial charge in [-0.2, -0.15) is 0 Å². The molecule has 1 aliphatic rings. The Bertz CT molecular complexity index is 851. The minimum absolute atomic E-state index is 0.234. The lowest BCUT2D eigenvalue weighted by Crippen LogP contribution is -2.35. The fraction of sp³-hybridized carbons (Fsp3) is 0.400. The van der Waals surface area contributed by atoms with E-state index in [1.165, 1.54) is 42.0 Å². The van der Waals surface area contributed by atoms with E-state index in [2.05, 4.69) is 11.9 Å². The van der Waals surface area contributed by atoms with Crippen molar-refractivity contribution in [3.8, 4) is 0 Å². The minimum Gasteiger partial charge on any atom is -0.350 e. The van der Waals surface area contributed by atoms with Crippen molar-refractivity contribution in [1.82, 2.24) is 9.88 Å². The van der Waals surface area contributed by atoms with Gasteiger partial charge in [-0.05, 0) is 48.4 Å². The molecule has 0 saturated heterocycles. The summed E-state index contributed by atoms with van der Waals surface area (Å²) in [6.45, 7) is 4.51. The average molecular weight is 342 g/mol. The van der Waals surface area contributed by atoms with Crippen LogP contribution in [0.3, 0.4) is 0 Å². The lowest BCUT2D eigenvalue weighted by molar-refractivity contribution is 0.0933. The smallest absolute Gasteiger partial charge is 0.268 e. The molecule has 0 unspecified atom stereocenters. The van der Waals surface area contributed by atoms with E-state index < -0.39 is 5.82 Å². The molecule has 0 bridgehead atoms. The molecule has 1 fully saturated rings. The summed E-state index contributed by atoms with van der Waals surface area (Å²) in [4.78, 5) is 25.3.